The molecular formula is C14H19N5O2S. The molecule has 3 amide bonds. The van der Waals surface area contributed by atoms with E-state index in [2.05, 4.69) is 29.6 Å². The van der Waals surface area contributed by atoms with Crippen LogP contribution in [0.2, 0.25) is 0 Å². The van der Waals surface area contributed by atoms with Gasteiger partial charge >= 0.3 is 6.03 Å². The second-order valence-electron chi connectivity index (χ2n) is 5.23. The summed E-state index contributed by atoms with van der Waals surface area (Å²) in [5.74, 6) is -0.223. The highest BCUT2D eigenvalue weighted by Crippen LogP contribution is 2.25. The predicted molar refractivity (Wildman–Crippen MR) is 85.5 cm³/mol. The summed E-state index contributed by atoms with van der Waals surface area (Å²) in [5, 5.41) is 11.6. The van der Waals surface area contributed by atoms with E-state index in [9.17, 15) is 9.59 Å². The van der Waals surface area contributed by atoms with Gasteiger partial charge in [-0.15, -0.1) is 11.3 Å². The highest BCUT2D eigenvalue weighted by molar-refractivity contribution is 7.10. The fourth-order valence-electron chi connectivity index (χ4n) is 2.02. The molecular weight excluding hydrogens is 302 g/mol. The predicted octanol–water partition coefficient (Wildman–Crippen LogP) is 1.95. The summed E-state index contributed by atoms with van der Waals surface area (Å²) in [6.45, 7) is 4.08. The smallest absolute Gasteiger partial charge is 0.319 e. The number of urea groups is 1. The van der Waals surface area contributed by atoms with Crippen LogP contribution >= 0.6 is 11.3 Å². The third kappa shape index (κ3) is 4.32. The van der Waals surface area contributed by atoms with Gasteiger partial charge in [0.25, 0.3) is 0 Å². The second-order valence-corrected chi connectivity index (χ2v) is 6.21. The molecule has 0 aliphatic rings. The van der Waals surface area contributed by atoms with E-state index in [0.29, 0.717) is 5.69 Å². The molecule has 0 spiro atoms. The summed E-state index contributed by atoms with van der Waals surface area (Å²) in [6, 6.07) is 3.59. The molecule has 1 atom stereocenters. The van der Waals surface area contributed by atoms with E-state index >= 15 is 0 Å². The van der Waals surface area contributed by atoms with Crippen molar-refractivity contribution in [2.24, 2.45) is 11.7 Å². The lowest BCUT2D eigenvalue weighted by Crippen LogP contribution is -2.34. The van der Waals surface area contributed by atoms with Crippen molar-refractivity contribution in [3.05, 3.63) is 34.8 Å². The van der Waals surface area contributed by atoms with Crippen molar-refractivity contribution < 1.29 is 9.59 Å². The van der Waals surface area contributed by atoms with Crippen LogP contribution in [0.4, 0.5) is 10.5 Å². The topological polar surface area (TPSA) is 102 Å². The molecule has 0 saturated carbocycles. The van der Waals surface area contributed by atoms with Gasteiger partial charge in [0.1, 0.15) is 6.54 Å². The minimum Gasteiger partial charge on any atom is -0.368 e. The third-order valence-electron chi connectivity index (χ3n) is 3.01. The molecule has 0 aliphatic heterocycles. The fraction of sp³-hybridized carbons (Fsp3) is 0.357. The fourth-order valence-corrected chi connectivity index (χ4v) is 2.97. The number of anilines is 1. The Bertz CT molecular complexity index is 635. The van der Waals surface area contributed by atoms with E-state index in [4.69, 9.17) is 5.73 Å². The molecule has 0 aliphatic carbocycles. The Labute approximate surface area is 132 Å². The van der Waals surface area contributed by atoms with Crippen LogP contribution in [-0.2, 0) is 11.3 Å². The van der Waals surface area contributed by atoms with Gasteiger partial charge in [-0.05, 0) is 17.4 Å². The molecule has 0 aromatic carbocycles. The molecule has 7 nitrogen and oxygen atoms in total. The first-order valence-electron chi connectivity index (χ1n) is 6.87. The van der Waals surface area contributed by atoms with Gasteiger partial charge in [-0.2, -0.15) is 5.10 Å². The molecule has 118 valence electrons. The maximum Gasteiger partial charge on any atom is 0.319 e. The number of hydrogen-bond acceptors (Lipinski definition) is 4. The van der Waals surface area contributed by atoms with Crippen LogP contribution in [0.25, 0.3) is 0 Å². The number of nitrogens with one attached hydrogen (secondary N) is 2. The molecule has 2 heterocycles. The van der Waals surface area contributed by atoms with Gasteiger partial charge in [-0.3, -0.25) is 9.48 Å². The lowest BCUT2D eigenvalue weighted by molar-refractivity contribution is -0.118. The molecule has 0 bridgehead atoms. The summed E-state index contributed by atoms with van der Waals surface area (Å²) in [6.07, 6.45) is 3.03. The number of nitrogens with zero attached hydrogens (tertiary/aromatic N) is 2. The van der Waals surface area contributed by atoms with Crippen LogP contribution in [0.3, 0.4) is 0 Å². The Balaban J connectivity index is 1.96. The van der Waals surface area contributed by atoms with E-state index in [1.807, 2.05) is 17.5 Å². The average Bonchev–Trinajstić information content (AvgIpc) is 3.07. The van der Waals surface area contributed by atoms with Gasteiger partial charge < -0.3 is 16.4 Å². The van der Waals surface area contributed by atoms with Crippen molar-refractivity contribution >= 4 is 29.0 Å². The molecule has 2 aromatic rings. The molecule has 1 unspecified atom stereocenters. The Morgan fingerprint density at radius 2 is 2.23 bits per heavy atom. The number of amides is 3. The number of thiophene rings is 1. The first-order chi connectivity index (χ1) is 10.5. The largest absolute Gasteiger partial charge is 0.368 e. The lowest BCUT2D eigenvalue weighted by Gasteiger charge is -2.21. The molecule has 0 saturated heterocycles. The second kappa shape index (κ2) is 7.08. The highest BCUT2D eigenvalue weighted by Gasteiger charge is 2.19. The van der Waals surface area contributed by atoms with Gasteiger partial charge in [0.15, 0.2) is 0 Å². The average molecular weight is 321 g/mol. The maximum atomic E-state index is 12.1. The summed E-state index contributed by atoms with van der Waals surface area (Å²) < 4.78 is 1.37. The Morgan fingerprint density at radius 1 is 1.45 bits per heavy atom. The van der Waals surface area contributed by atoms with Crippen LogP contribution in [0.1, 0.15) is 24.8 Å². The quantitative estimate of drug-likeness (QED) is 0.757. The SMILES string of the molecule is CC(C)C(NC(=O)Nc1cnn(CC(N)=O)c1)c1cccs1. The van der Waals surface area contributed by atoms with E-state index in [-0.39, 0.29) is 24.5 Å². The van der Waals surface area contributed by atoms with Crippen molar-refractivity contribution in [2.75, 3.05) is 5.32 Å². The summed E-state index contributed by atoms with van der Waals surface area (Å²) in [4.78, 5) is 24.0. The Kier molecular flexibility index (Phi) is 5.16. The summed E-state index contributed by atoms with van der Waals surface area (Å²) in [7, 11) is 0. The summed E-state index contributed by atoms with van der Waals surface area (Å²) in [5.41, 5.74) is 5.60. The van der Waals surface area contributed by atoms with Gasteiger partial charge in [0.2, 0.25) is 5.91 Å². The molecule has 8 heteroatoms. The van der Waals surface area contributed by atoms with Gasteiger partial charge in [-0.25, -0.2) is 4.79 Å². The first-order valence-corrected chi connectivity index (χ1v) is 7.75. The third-order valence-corrected chi connectivity index (χ3v) is 3.97. The number of rotatable bonds is 6. The number of hydrogen-bond donors (Lipinski definition) is 3. The van der Waals surface area contributed by atoms with Crippen LogP contribution in [0.15, 0.2) is 29.9 Å². The maximum absolute atomic E-state index is 12.1. The lowest BCUT2D eigenvalue weighted by atomic mass is 10.0. The molecule has 0 radical (unpaired) electrons. The zero-order valence-corrected chi connectivity index (χ0v) is 13.3. The zero-order chi connectivity index (χ0) is 16.1. The molecule has 4 N–H and O–H groups in total. The minimum absolute atomic E-state index is 0.0207. The van der Waals surface area contributed by atoms with Gasteiger partial charge in [0.05, 0.1) is 17.9 Å². The molecule has 2 aromatic heterocycles. The number of carbonyl (C=O) groups excluding carboxylic acids is 2. The normalized spacial score (nSPS) is 12.1. The van der Waals surface area contributed by atoms with Gasteiger partial charge in [0, 0.05) is 11.1 Å². The molecule has 0 fully saturated rings. The monoisotopic (exact) mass is 321 g/mol. The van der Waals surface area contributed by atoms with E-state index in [1.54, 1.807) is 17.5 Å². The van der Waals surface area contributed by atoms with E-state index < -0.39 is 5.91 Å². The van der Waals surface area contributed by atoms with Crippen LogP contribution < -0.4 is 16.4 Å². The summed E-state index contributed by atoms with van der Waals surface area (Å²) >= 11 is 1.61. The number of aromatic nitrogens is 2. The van der Waals surface area contributed by atoms with Crippen molar-refractivity contribution in [3.63, 3.8) is 0 Å². The van der Waals surface area contributed by atoms with Crippen LogP contribution in [0.5, 0.6) is 0 Å². The first kappa shape index (κ1) is 16.0. The zero-order valence-electron chi connectivity index (χ0n) is 12.4. The van der Waals surface area contributed by atoms with E-state index in [1.165, 1.54) is 10.9 Å². The Morgan fingerprint density at radius 3 is 2.82 bits per heavy atom. The van der Waals surface area contributed by atoms with Gasteiger partial charge in [-0.1, -0.05) is 19.9 Å². The number of primary amides is 1. The van der Waals surface area contributed by atoms with Crippen molar-refractivity contribution in [1.29, 1.82) is 0 Å². The van der Waals surface area contributed by atoms with Crippen molar-refractivity contribution in [3.8, 4) is 0 Å². The molecule has 22 heavy (non-hydrogen) atoms. The number of nitrogens with two attached hydrogens (primary N) is 1. The van der Waals surface area contributed by atoms with Crippen LogP contribution in [0, 0.1) is 5.92 Å². The molecule has 2 rings (SSSR count). The van der Waals surface area contributed by atoms with Crippen molar-refractivity contribution in [1.82, 2.24) is 15.1 Å². The minimum atomic E-state index is -0.489. The highest BCUT2D eigenvalue weighted by atomic mass is 32.1. The van der Waals surface area contributed by atoms with Crippen LogP contribution in [-0.4, -0.2) is 21.7 Å². The standard InChI is InChI=1S/C14H19N5O2S/c1-9(2)13(11-4-3-5-22-11)18-14(21)17-10-6-16-19(7-10)8-12(15)20/h3-7,9,13H,8H2,1-2H3,(H2,15,20)(H2,17,18,21). The Hall–Kier alpha value is -2.35. The number of carbonyl (C=O) groups is 2. The van der Waals surface area contributed by atoms with E-state index in [0.717, 1.165) is 4.88 Å². The van der Waals surface area contributed by atoms with Crippen molar-refractivity contribution in [2.45, 2.75) is 26.4 Å².